The summed E-state index contributed by atoms with van der Waals surface area (Å²) in [6.07, 6.45) is 0.163. The Bertz CT molecular complexity index is 1060. The molecule has 0 spiro atoms. The molecule has 0 radical (unpaired) electrons. The molecule has 0 saturated carbocycles. The maximum atomic E-state index is 13.7. The number of methoxy groups -OCH3 is 1. The summed E-state index contributed by atoms with van der Waals surface area (Å²) < 4.78 is 44.6. The number of benzene rings is 2. The molecule has 2 amide bonds. The standard InChI is InChI=1S/C28H39F2N3O5S/c1-4-6-10-39(37)18-25(32-28(36)38-3)27(35)33(16-20-9-7-8-19(5-2)11-20)17-26(34)24(31)14-21-12-22(29)15-23(30)13-21/h7-9,11-13,15,24-26,34H,4-6,10,14,16-18,31H2,1-3H3,(H,32,36)/t24-,25-,26+,39?/m0/s1. The van der Waals surface area contributed by atoms with Gasteiger partial charge in [0, 0.05) is 25.2 Å². The summed E-state index contributed by atoms with van der Waals surface area (Å²) in [7, 11) is 1.16. The quantitative estimate of drug-likeness (QED) is 0.284. The predicted octanol–water partition coefficient (Wildman–Crippen LogP) is 3.06. The van der Waals surface area contributed by atoms with Crippen molar-refractivity contribution < 1.29 is 32.8 Å². The van der Waals surface area contributed by atoms with Crippen molar-refractivity contribution in [2.45, 2.75) is 64.3 Å². The van der Waals surface area contributed by atoms with Gasteiger partial charge < -0.3 is 30.3 Å². The second-order valence-corrected chi connectivity index (χ2v) is 11.1. The van der Waals surface area contributed by atoms with Gasteiger partial charge in [-0.3, -0.25) is 4.79 Å². The number of halogens is 2. The highest BCUT2D eigenvalue weighted by Crippen LogP contribution is 2.15. The first-order valence-electron chi connectivity index (χ1n) is 13.0. The summed E-state index contributed by atoms with van der Waals surface area (Å²) in [5, 5.41) is 13.4. The molecule has 216 valence electrons. The van der Waals surface area contributed by atoms with Crippen molar-refractivity contribution in [1.82, 2.24) is 10.2 Å². The Morgan fingerprint density at radius 3 is 2.41 bits per heavy atom. The van der Waals surface area contributed by atoms with Crippen LogP contribution in [0.3, 0.4) is 0 Å². The maximum absolute atomic E-state index is 13.7. The van der Waals surface area contributed by atoms with Crippen LogP contribution in [0.15, 0.2) is 42.5 Å². The molecule has 0 saturated heterocycles. The highest BCUT2D eigenvalue weighted by Gasteiger charge is 2.32. The van der Waals surface area contributed by atoms with E-state index >= 15 is 0 Å². The zero-order valence-corrected chi connectivity index (χ0v) is 23.5. The number of rotatable bonds is 15. The first-order valence-corrected chi connectivity index (χ1v) is 14.5. The lowest BCUT2D eigenvalue weighted by Crippen LogP contribution is -2.54. The van der Waals surface area contributed by atoms with Gasteiger partial charge in [-0.05, 0) is 48.1 Å². The number of unbranched alkanes of at least 4 members (excludes halogenated alkanes) is 1. The highest BCUT2D eigenvalue weighted by atomic mass is 32.2. The number of nitrogens with two attached hydrogens (primary N) is 1. The minimum absolute atomic E-state index is 0.0337. The van der Waals surface area contributed by atoms with E-state index < -0.39 is 53.0 Å². The SMILES string of the molecule is CCCC[S+]([O-])C[C@H](NC(=O)OC)C(=O)N(Cc1cccc(CC)c1)C[C@@H](O)[C@@H](N)Cc1cc(F)cc(F)c1. The van der Waals surface area contributed by atoms with Gasteiger partial charge in [-0.1, -0.05) is 55.7 Å². The maximum Gasteiger partial charge on any atom is 0.407 e. The summed E-state index contributed by atoms with van der Waals surface area (Å²) in [5.41, 5.74) is 8.29. The van der Waals surface area contributed by atoms with E-state index in [1.165, 1.54) is 4.90 Å². The molecule has 0 aliphatic heterocycles. The molecule has 0 aromatic heterocycles. The van der Waals surface area contributed by atoms with Gasteiger partial charge in [0.25, 0.3) is 5.91 Å². The van der Waals surface area contributed by atoms with Crippen molar-refractivity contribution >= 4 is 23.2 Å². The van der Waals surface area contributed by atoms with Gasteiger partial charge in [0.2, 0.25) is 0 Å². The lowest BCUT2D eigenvalue weighted by Gasteiger charge is -2.31. The molecular weight excluding hydrogens is 528 g/mol. The van der Waals surface area contributed by atoms with Crippen LogP contribution in [-0.2, 0) is 40.1 Å². The van der Waals surface area contributed by atoms with Crippen molar-refractivity contribution in [3.63, 3.8) is 0 Å². The lowest BCUT2D eigenvalue weighted by molar-refractivity contribution is -0.135. The van der Waals surface area contributed by atoms with Crippen LogP contribution in [0.4, 0.5) is 13.6 Å². The minimum atomic E-state index is -1.39. The van der Waals surface area contributed by atoms with Gasteiger partial charge in [-0.15, -0.1) is 0 Å². The number of carbonyl (C=O) groups excluding carboxylic acids is 2. The van der Waals surface area contributed by atoms with Crippen LogP contribution in [0.1, 0.15) is 43.4 Å². The van der Waals surface area contributed by atoms with E-state index in [-0.39, 0.29) is 30.8 Å². The summed E-state index contributed by atoms with van der Waals surface area (Å²) in [6.45, 7) is 3.82. The molecule has 0 fully saturated rings. The molecule has 0 aliphatic carbocycles. The number of aliphatic hydroxyl groups is 1. The summed E-state index contributed by atoms with van der Waals surface area (Å²) >= 11 is -1.39. The van der Waals surface area contributed by atoms with Crippen LogP contribution in [0.2, 0.25) is 0 Å². The molecule has 2 aromatic rings. The number of aryl methyl sites for hydroxylation is 1. The second kappa shape index (κ2) is 16.4. The molecule has 0 bridgehead atoms. The number of alkyl carbamates (subject to hydrolysis) is 1. The third kappa shape index (κ3) is 11.1. The highest BCUT2D eigenvalue weighted by molar-refractivity contribution is 7.91. The fraction of sp³-hybridized carbons (Fsp3) is 0.500. The molecular formula is C28H39F2N3O5S. The van der Waals surface area contributed by atoms with E-state index in [2.05, 4.69) is 10.1 Å². The molecule has 4 atom stereocenters. The fourth-order valence-electron chi connectivity index (χ4n) is 4.07. The molecule has 39 heavy (non-hydrogen) atoms. The van der Waals surface area contributed by atoms with Crippen molar-refractivity contribution in [3.8, 4) is 0 Å². The van der Waals surface area contributed by atoms with Gasteiger partial charge in [-0.2, -0.15) is 0 Å². The second-order valence-electron chi connectivity index (χ2n) is 9.46. The van der Waals surface area contributed by atoms with Crippen LogP contribution in [0.25, 0.3) is 0 Å². The average molecular weight is 568 g/mol. The summed E-state index contributed by atoms with van der Waals surface area (Å²) in [4.78, 5) is 27.1. The predicted molar refractivity (Wildman–Crippen MR) is 147 cm³/mol. The zero-order valence-electron chi connectivity index (χ0n) is 22.7. The van der Waals surface area contributed by atoms with Crippen LogP contribution >= 0.6 is 0 Å². The van der Waals surface area contributed by atoms with Crippen molar-refractivity contribution in [2.24, 2.45) is 5.73 Å². The monoisotopic (exact) mass is 567 g/mol. The first-order chi connectivity index (χ1) is 18.6. The number of ether oxygens (including phenoxy) is 1. The number of hydrogen-bond donors (Lipinski definition) is 3. The number of amides is 2. The number of nitrogens with zero attached hydrogens (tertiary/aromatic N) is 1. The molecule has 8 nitrogen and oxygen atoms in total. The Morgan fingerprint density at radius 1 is 1.13 bits per heavy atom. The zero-order chi connectivity index (χ0) is 28.9. The van der Waals surface area contributed by atoms with E-state index in [1.54, 1.807) is 0 Å². The van der Waals surface area contributed by atoms with Crippen LogP contribution in [-0.4, -0.2) is 69.9 Å². The van der Waals surface area contributed by atoms with E-state index in [4.69, 9.17) is 5.73 Å². The Morgan fingerprint density at radius 2 is 1.79 bits per heavy atom. The fourth-order valence-corrected chi connectivity index (χ4v) is 5.44. The van der Waals surface area contributed by atoms with E-state index in [9.17, 15) is 28.0 Å². The number of carbonyl (C=O) groups is 2. The topological polar surface area (TPSA) is 128 Å². The molecule has 1 unspecified atom stereocenters. The Labute approximate surface area is 232 Å². The molecule has 2 aromatic carbocycles. The van der Waals surface area contributed by atoms with E-state index in [0.717, 1.165) is 49.3 Å². The van der Waals surface area contributed by atoms with E-state index in [0.29, 0.717) is 12.2 Å². The summed E-state index contributed by atoms with van der Waals surface area (Å²) in [6, 6.07) is 8.49. The lowest BCUT2D eigenvalue weighted by atomic mass is 10.0. The Kier molecular flexibility index (Phi) is 13.7. The Hall–Kier alpha value is -2.73. The molecule has 2 rings (SSSR count). The molecule has 0 heterocycles. The van der Waals surface area contributed by atoms with E-state index in [1.807, 2.05) is 38.1 Å². The summed E-state index contributed by atoms with van der Waals surface area (Å²) in [5.74, 6) is -1.82. The van der Waals surface area contributed by atoms with Gasteiger partial charge in [0.15, 0.2) is 6.04 Å². The van der Waals surface area contributed by atoms with Gasteiger partial charge >= 0.3 is 6.09 Å². The van der Waals surface area contributed by atoms with Crippen molar-refractivity contribution in [1.29, 1.82) is 0 Å². The molecule has 4 N–H and O–H groups in total. The molecule has 11 heteroatoms. The van der Waals surface area contributed by atoms with Crippen LogP contribution in [0.5, 0.6) is 0 Å². The van der Waals surface area contributed by atoms with Crippen LogP contribution in [0, 0.1) is 11.6 Å². The van der Waals surface area contributed by atoms with Crippen LogP contribution < -0.4 is 11.1 Å². The average Bonchev–Trinajstić information content (AvgIpc) is 2.90. The number of hydrogen-bond acceptors (Lipinski definition) is 6. The van der Waals surface area contributed by atoms with Gasteiger partial charge in [0.05, 0.1) is 13.2 Å². The minimum Gasteiger partial charge on any atom is -0.616 e. The van der Waals surface area contributed by atoms with Gasteiger partial charge in [0.1, 0.15) is 23.1 Å². The smallest absolute Gasteiger partial charge is 0.407 e. The largest absolute Gasteiger partial charge is 0.616 e. The molecule has 0 aliphatic rings. The van der Waals surface area contributed by atoms with Crippen molar-refractivity contribution in [3.05, 3.63) is 70.8 Å². The van der Waals surface area contributed by atoms with Gasteiger partial charge in [-0.25, -0.2) is 13.6 Å². The normalized spacial score (nSPS) is 14.3. The van der Waals surface area contributed by atoms with Crippen molar-refractivity contribution in [2.75, 3.05) is 25.2 Å². The first kappa shape index (κ1) is 32.5. The Balaban J connectivity index is 2.30. The third-order valence-corrected chi connectivity index (χ3v) is 7.68. The number of nitrogens with one attached hydrogen (secondary N) is 1. The number of aliphatic hydroxyl groups excluding tert-OH is 1. The third-order valence-electron chi connectivity index (χ3n) is 6.23.